The fourth-order valence-electron chi connectivity index (χ4n) is 5.83. The molecule has 2 aromatic heterocycles. The van der Waals surface area contributed by atoms with Crippen LogP contribution in [-0.2, 0) is 9.31 Å². The van der Waals surface area contributed by atoms with Crippen LogP contribution in [0.3, 0.4) is 0 Å². The van der Waals surface area contributed by atoms with Gasteiger partial charge in [-0.25, -0.2) is 19.9 Å². The Kier molecular flexibility index (Phi) is 12.2. The number of anilines is 2. The predicted molar refractivity (Wildman–Crippen MR) is 199 cm³/mol. The molecule has 0 amide bonds. The summed E-state index contributed by atoms with van der Waals surface area (Å²) >= 11 is 16.6. The van der Waals surface area contributed by atoms with Crippen LogP contribution in [0.1, 0.15) is 64.5 Å². The fourth-order valence-corrected chi connectivity index (χ4v) is 6.31. The number of hydrogen-bond acceptors (Lipinski definition) is 10. The molecular formula is C36H38BCl3N8O2. The highest BCUT2D eigenvalue weighted by Gasteiger charge is 2.51. The zero-order valence-corrected chi connectivity index (χ0v) is 30.8. The van der Waals surface area contributed by atoms with Crippen LogP contribution < -0.4 is 15.3 Å². The van der Waals surface area contributed by atoms with Crippen LogP contribution in [0.4, 0.5) is 11.4 Å². The van der Waals surface area contributed by atoms with E-state index in [0.29, 0.717) is 16.3 Å². The standard InChI is InChI=1S/C17H23BN2O2.C15H13ClN4.C4H2Cl2N2/c1-16(2)17(3,4)22-18(21-16)14-7-8-15(13(11-14)12-19)20-9-5-6-10-20;16-15-18-6-5-13(19-15)11-3-4-14(12(9-11)10-17)20-7-1-2-8-20;5-3-1-2-7-4(6)8-3/h7-8,11H,5-6,9-10H2,1-4H3;3-6,9H,1-2,7-8H2;1-2H. The number of aromatic nitrogens is 4. The van der Waals surface area contributed by atoms with Crippen LogP contribution in [0.2, 0.25) is 15.7 Å². The molecule has 4 aromatic rings. The van der Waals surface area contributed by atoms with Gasteiger partial charge in [0.1, 0.15) is 17.3 Å². The van der Waals surface area contributed by atoms with E-state index in [1.54, 1.807) is 18.3 Å². The van der Waals surface area contributed by atoms with Gasteiger partial charge >= 0.3 is 7.12 Å². The minimum atomic E-state index is -0.412. The summed E-state index contributed by atoms with van der Waals surface area (Å²) in [4.78, 5) is 19.8. The molecule has 5 heterocycles. The van der Waals surface area contributed by atoms with Gasteiger partial charge < -0.3 is 19.1 Å². The molecule has 2 aromatic carbocycles. The predicted octanol–water partition coefficient (Wildman–Crippen LogP) is 7.51. The van der Waals surface area contributed by atoms with Gasteiger partial charge in [0.15, 0.2) is 0 Å². The van der Waals surface area contributed by atoms with Crippen molar-refractivity contribution in [1.29, 1.82) is 10.5 Å². The first-order valence-electron chi connectivity index (χ1n) is 16.5. The van der Waals surface area contributed by atoms with Gasteiger partial charge in [0, 0.05) is 44.1 Å². The van der Waals surface area contributed by atoms with Crippen molar-refractivity contribution in [3.63, 3.8) is 0 Å². The molecule has 258 valence electrons. The summed E-state index contributed by atoms with van der Waals surface area (Å²) in [6.45, 7) is 12.3. The van der Waals surface area contributed by atoms with Gasteiger partial charge in [0.05, 0.1) is 39.4 Å². The fraction of sp³-hybridized carbons (Fsp3) is 0.389. The van der Waals surface area contributed by atoms with E-state index in [4.69, 9.17) is 44.1 Å². The zero-order valence-electron chi connectivity index (χ0n) is 28.5. The van der Waals surface area contributed by atoms with E-state index >= 15 is 0 Å². The highest BCUT2D eigenvalue weighted by molar-refractivity contribution is 6.62. The molecule has 3 saturated heterocycles. The van der Waals surface area contributed by atoms with Gasteiger partial charge in [-0.2, -0.15) is 10.5 Å². The normalized spacial score (nSPS) is 17.3. The third-order valence-electron chi connectivity index (χ3n) is 9.19. The lowest BCUT2D eigenvalue weighted by atomic mass is 9.78. The zero-order chi connectivity index (χ0) is 35.9. The summed E-state index contributed by atoms with van der Waals surface area (Å²) < 4.78 is 12.1. The Morgan fingerprint density at radius 3 is 1.66 bits per heavy atom. The van der Waals surface area contributed by atoms with Gasteiger partial charge in [-0.15, -0.1) is 0 Å². The first-order valence-corrected chi connectivity index (χ1v) is 17.6. The number of rotatable bonds is 4. The molecule has 50 heavy (non-hydrogen) atoms. The maximum atomic E-state index is 9.49. The lowest BCUT2D eigenvalue weighted by Crippen LogP contribution is -2.41. The van der Waals surface area contributed by atoms with Crippen molar-refractivity contribution < 1.29 is 9.31 Å². The summed E-state index contributed by atoms with van der Waals surface area (Å²) in [6.07, 6.45) is 7.89. The van der Waals surface area contributed by atoms with E-state index in [9.17, 15) is 10.5 Å². The molecule has 0 N–H and O–H groups in total. The van der Waals surface area contributed by atoms with Crippen LogP contribution in [0.25, 0.3) is 11.3 Å². The Morgan fingerprint density at radius 2 is 1.18 bits per heavy atom. The van der Waals surface area contributed by atoms with E-state index < -0.39 is 7.12 Å². The Morgan fingerprint density at radius 1 is 0.680 bits per heavy atom. The Hall–Kier alpha value is -3.97. The second kappa shape index (κ2) is 16.4. The van der Waals surface area contributed by atoms with Crippen molar-refractivity contribution in [3.8, 4) is 23.4 Å². The molecule has 0 spiro atoms. The number of benzene rings is 2. The average Bonchev–Trinajstić information content (AvgIpc) is 3.87. The van der Waals surface area contributed by atoms with Crippen LogP contribution in [-0.4, -0.2) is 64.4 Å². The molecule has 0 radical (unpaired) electrons. The first-order chi connectivity index (χ1) is 23.9. The van der Waals surface area contributed by atoms with Crippen molar-refractivity contribution in [2.24, 2.45) is 0 Å². The summed E-state index contributed by atoms with van der Waals surface area (Å²) in [7, 11) is -0.412. The summed E-state index contributed by atoms with van der Waals surface area (Å²) in [5.74, 6) is 0. The van der Waals surface area contributed by atoms with E-state index in [-0.39, 0.29) is 21.8 Å². The molecule has 0 atom stereocenters. The molecule has 7 rings (SSSR count). The molecule has 10 nitrogen and oxygen atoms in total. The largest absolute Gasteiger partial charge is 0.494 e. The minimum absolute atomic E-state index is 0.178. The van der Waals surface area contributed by atoms with Crippen LogP contribution in [0, 0.1) is 22.7 Å². The smallest absolute Gasteiger partial charge is 0.399 e. The molecule has 14 heteroatoms. The molecule has 3 aliphatic rings. The average molecular weight is 732 g/mol. The topological polar surface area (TPSA) is 124 Å². The first kappa shape index (κ1) is 37.3. The molecule has 0 unspecified atom stereocenters. The van der Waals surface area contributed by atoms with Crippen LogP contribution >= 0.6 is 34.8 Å². The molecule has 0 aliphatic carbocycles. The molecule has 0 bridgehead atoms. The monoisotopic (exact) mass is 730 g/mol. The van der Waals surface area contributed by atoms with Gasteiger partial charge in [-0.05, 0) is 118 Å². The van der Waals surface area contributed by atoms with Gasteiger partial charge in [-0.1, -0.05) is 23.7 Å². The van der Waals surface area contributed by atoms with E-state index in [2.05, 4.69) is 41.9 Å². The Bertz CT molecular complexity index is 1850. The maximum Gasteiger partial charge on any atom is 0.494 e. The van der Waals surface area contributed by atoms with Crippen molar-refractivity contribution in [3.05, 3.63) is 87.8 Å². The Balaban J connectivity index is 0.000000160. The van der Waals surface area contributed by atoms with Crippen molar-refractivity contribution in [1.82, 2.24) is 19.9 Å². The van der Waals surface area contributed by atoms with Crippen LogP contribution in [0.5, 0.6) is 0 Å². The summed E-state index contributed by atoms with van der Waals surface area (Å²) in [6, 6.07) is 19.8. The third-order valence-corrected chi connectivity index (χ3v) is 9.77. The van der Waals surface area contributed by atoms with E-state index in [1.807, 2.05) is 64.1 Å². The quantitative estimate of drug-likeness (QED) is 0.118. The van der Waals surface area contributed by atoms with Gasteiger partial charge in [0.2, 0.25) is 10.6 Å². The third kappa shape index (κ3) is 9.03. The van der Waals surface area contributed by atoms with Gasteiger partial charge in [0.25, 0.3) is 0 Å². The summed E-state index contributed by atoms with van der Waals surface area (Å²) in [5.41, 5.74) is 5.22. The number of hydrogen-bond donors (Lipinski definition) is 0. The minimum Gasteiger partial charge on any atom is -0.399 e. The lowest BCUT2D eigenvalue weighted by molar-refractivity contribution is 0.00578. The Labute approximate surface area is 309 Å². The van der Waals surface area contributed by atoms with Crippen LogP contribution in [0.15, 0.2) is 60.9 Å². The molecule has 3 aliphatic heterocycles. The van der Waals surface area contributed by atoms with Crippen molar-refractivity contribution >= 4 is 58.8 Å². The summed E-state index contributed by atoms with van der Waals surface area (Å²) in [5, 5.41) is 19.6. The van der Waals surface area contributed by atoms with E-state index in [1.165, 1.54) is 31.9 Å². The number of nitrogens with zero attached hydrogens (tertiary/aromatic N) is 8. The highest BCUT2D eigenvalue weighted by atomic mass is 35.5. The second-order valence-corrected chi connectivity index (χ2v) is 14.1. The second-order valence-electron chi connectivity index (χ2n) is 13.1. The molecule has 0 saturated carbocycles. The highest BCUT2D eigenvalue weighted by Crippen LogP contribution is 2.37. The van der Waals surface area contributed by atoms with Gasteiger partial charge in [-0.3, -0.25) is 0 Å². The molecular weight excluding hydrogens is 694 g/mol. The number of nitriles is 2. The van der Waals surface area contributed by atoms with Crippen molar-refractivity contribution in [2.45, 2.75) is 64.6 Å². The maximum absolute atomic E-state index is 9.49. The molecule has 3 fully saturated rings. The van der Waals surface area contributed by atoms with E-state index in [0.717, 1.165) is 54.3 Å². The number of halogens is 3. The SMILES string of the molecule is CC1(C)OB(c2ccc(N3CCCC3)c(C#N)c2)OC1(C)C.Clc1ccnc(Cl)n1.N#Cc1cc(-c2ccnc(Cl)n2)ccc1N1CCCC1. The lowest BCUT2D eigenvalue weighted by Gasteiger charge is -2.32. The van der Waals surface area contributed by atoms with Crippen molar-refractivity contribution in [2.75, 3.05) is 36.0 Å².